The molecule has 1 fully saturated rings. The molecular weight excluding hydrogens is 260 g/mol. The molecule has 3 unspecified atom stereocenters. The van der Waals surface area contributed by atoms with Crippen molar-refractivity contribution in [2.24, 2.45) is 16.8 Å². The summed E-state index contributed by atoms with van der Waals surface area (Å²) in [6, 6.07) is -0.0293. The molecule has 7 heteroatoms. The zero-order valence-corrected chi connectivity index (χ0v) is 12.5. The third-order valence-corrected chi connectivity index (χ3v) is 3.60. The van der Waals surface area contributed by atoms with Crippen LogP contribution in [0.1, 0.15) is 26.2 Å². The van der Waals surface area contributed by atoms with Gasteiger partial charge in [-0.3, -0.25) is 4.79 Å². The number of likely N-dealkylation sites (N-methyl/N-ethyl adjacent to an activating group) is 1. The fraction of sp³-hybridized carbons (Fsp3) is 0.846. The summed E-state index contributed by atoms with van der Waals surface area (Å²) >= 11 is 0. The normalized spacial score (nSPS) is 25.2. The number of hydrogen-bond donors (Lipinski definition) is 3. The quantitative estimate of drug-likeness (QED) is 0.269. The molecule has 1 heterocycles. The lowest BCUT2D eigenvalue weighted by Crippen LogP contribution is -2.47. The number of carbonyl (C=O) groups excluding carboxylic acids is 1. The lowest BCUT2D eigenvalue weighted by Gasteiger charge is -2.29. The van der Waals surface area contributed by atoms with Crippen LogP contribution in [-0.4, -0.2) is 71.2 Å². The number of amidine groups is 1. The number of carbonyl (C=O) groups is 1. The van der Waals surface area contributed by atoms with Crippen LogP contribution < -0.4 is 5.73 Å². The molecule has 3 atom stereocenters. The minimum absolute atomic E-state index is 0.0293. The summed E-state index contributed by atoms with van der Waals surface area (Å²) in [6.07, 6.45) is 1.37. The summed E-state index contributed by atoms with van der Waals surface area (Å²) in [5, 5.41) is 21.6. The van der Waals surface area contributed by atoms with E-state index in [4.69, 9.17) is 10.9 Å². The molecule has 116 valence electrons. The van der Waals surface area contributed by atoms with Crippen LogP contribution in [0.25, 0.3) is 0 Å². The minimum atomic E-state index is -0.611. The summed E-state index contributed by atoms with van der Waals surface area (Å²) in [5.41, 5.74) is 5.63. The van der Waals surface area contributed by atoms with Crippen LogP contribution in [0, 0.1) is 5.92 Å². The Bertz CT molecular complexity index is 360. The van der Waals surface area contributed by atoms with E-state index in [0.717, 1.165) is 6.42 Å². The summed E-state index contributed by atoms with van der Waals surface area (Å²) in [5.74, 6) is -0.827. The second-order valence-corrected chi connectivity index (χ2v) is 5.66. The Morgan fingerprint density at radius 1 is 1.55 bits per heavy atom. The van der Waals surface area contributed by atoms with E-state index < -0.39 is 12.0 Å². The standard InChI is InChI=1S/C13H26N4O3/c1-4-5-11(12(14)15-20)13(19)17-8-10(18)6-9(17)7-16(2)3/h9-11,18,20H,4-8H2,1-3H3,(H2,14,15). The van der Waals surface area contributed by atoms with Gasteiger partial charge in [0.25, 0.3) is 0 Å². The largest absolute Gasteiger partial charge is 0.409 e. The Balaban J connectivity index is 2.85. The zero-order valence-electron chi connectivity index (χ0n) is 12.5. The van der Waals surface area contributed by atoms with Crippen molar-refractivity contribution in [3.05, 3.63) is 0 Å². The maximum absolute atomic E-state index is 12.6. The number of aliphatic hydroxyl groups excluding tert-OH is 1. The molecule has 1 rings (SSSR count). The van der Waals surface area contributed by atoms with E-state index in [2.05, 4.69) is 5.16 Å². The van der Waals surface area contributed by atoms with Crippen molar-refractivity contribution in [3.63, 3.8) is 0 Å². The number of β-amino-alcohol motifs (C(OH)–C–C–N with tert-alkyl or cyclic N) is 1. The number of aliphatic hydroxyl groups is 1. The predicted molar refractivity (Wildman–Crippen MR) is 76.5 cm³/mol. The fourth-order valence-electron chi connectivity index (χ4n) is 2.71. The summed E-state index contributed by atoms with van der Waals surface area (Å²) < 4.78 is 0. The molecule has 0 aromatic heterocycles. The fourth-order valence-corrected chi connectivity index (χ4v) is 2.71. The van der Waals surface area contributed by atoms with Crippen LogP contribution in [0.2, 0.25) is 0 Å². The lowest BCUT2D eigenvalue weighted by molar-refractivity contribution is -0.135. The molecule has 4 N–H and O–H groups in total. The van der Waals surface area contributed by atoms with E-state index in [1.807, 2.05) is 25.9 Å². The molecule has 1 saturated heterocycles. The molecule has 0 aromatic carbocycles. The molecule has 1 aliphatic rings. The molecule has 1 aliphatic heterocycles. The van der Waals surface area contributed by atoms with Crippen molar-refractivity contribution < 1.29 is 15.1 Å². The maximum Gasteiger partial charge on any atom is 0.233 e. The van der Waals surface area contributed by atoms with E-state index in [1.54, 1.807) is 4.90 Å². The Labute approximate surface area is 120 Å². The van der Waals surface area contributed by atoms with Crippen molar-refractivity contribution in [2.75, 3.05) is 27.2 Å². The minimum Gasteiger partial charge on any atom is -0.409 e. The van der Waals surface area contributed by atoms with Gasteiger partial charge in [-0.05, 0) is 26.9 Å². The molecule has 20 heavy (non-hydrogen) atoms. The SMILES string of the molecule is CCCC(C(=O)N1CC(O)CC1CN(C)C)C(N)=NO. The molecule has 0 bridgehead atoms. The molecule has 7 nitrogen and oxygen atoms in total. The molecule has 0 aliphatic carbocycles. The monoisotopic (exact) mass is 286 g/mol. The maximum atomic E-state index is 12.6. The van der Waals surface area contributed by atoms with E-state index in [1.165, 1.54) is 0 Å². The molecule has 0 spiro atoms. The molecule has 1 amide bonds. The van der Waals surface area contributed by atoms with Gasteiger partial charge in [-0.1, -0.05) is 18.5 Å². The molecule has 0 saturated carbocycles. The van der Waals surface area contributed by atoms with Gasteiger partial charge in [0.2, 0.25) is 5.91 Å². The van der Waals surface area contributed by atoms with Crippen molar-refractivity contribution in [3.8, 4) is 0 Å². The van der Waals surface area contributed by atoms with Gasteiger partial charge in [-0.15, -0.1) is 0 Å². The van der Waals surface area contributed by atoms with E-state index >= 15 is 0 Å². The highest BCUT2D eigenvalue weighted by molar-refractivity contribution is 6.02. The van der Waals surface area contributed by atoms with Crippen molar-refractivity contribution in [2.45, 2.75) is 38.3 Å². The Morgan fingerprint density at radius 2 is 2.20 bits per heavy atom. The van der Waals surface area contributed by atoms with Gasteiger partial charge in [0.1, 0.15) is 0 Å². The van der Waals surface area contributed by atoms with Gasteiger partial charge in [0.15, 0.2) is 5.84 Å². The van der Waals surface area contributed by atoms with Crippen LogP contribution in [0.4, 0.5) is 0 Å². The van der Waals surface area contributed by atoms with Crippen molar-refractivity contribution >= 4 is 11.7 Å². The highest BCUT2D eigenvalue weighted by Crippen LogP contribution is 2.22. The van der Waals surface area contributed by atoms with Crippen molar-refractivity contribution in [1.29, 1.82) is 0 Å². The molecular formula is C13H26N4O3. The summed E-state index contributed by atoms with van der Waals surface area (Å²) in [6.45, 7) is 2.95. The number of likely N-dealkylation sites (tertiary alicyclic amines) is 1. The number of oxime groups is 1. The topological polar surface area (TPSA) is 102 Å². The first kappa shape index (κ1) is 16.7. The smallest absolute Gasteiger partial charge is 0.233 e. The van der Waals surface area contributed by atoms with Crippen LogP contribution >= 0.6 is 0 Å². The van der Waals surface area contributed by atoms with Gasteiger partial charge >= 0.3 is 0 Å². The Morgan fingerprint density at radius 3 is 2.70 bits per heavy atom. The lowest BCUT2D eigenvalue weighted by atomic mass is 10.0. The van der Waals surface area contributed by atoms with Gasteiger partial charge < -0.3 is 25.8 Å². The number of nitrogens with zero attached hydrogens (tertiary/aromatic N) is 3. The first-order valence-corrected chi connectivity index (χ1v) is 7.01. The third kappa shape index (κ3) is 4.08. The average molecular weight is 286 g/mol. The Hall–Kier alpha value is -1.34. The van der Waals surface area contributed by atoms with Crippen LogP contribution in [0.5, 0.6) is 0 Å². The van der Waals surface area contributed by atoms with Crippen LogP contribution in [0.3, 0.4) is 0 Å². The molecule has 0 radical (unpaired) electrons. The highest BCUT2D eigenvalue weighted by Gasteiger charge is 2.38. The van der Waals surface area contributed by atoms with Crippen LogP contribution in [0.15, 0.2) is 5.16 Å². The Kier molecular flexibility index (Phi) is 6.22. The second-order valence-electron chi connectivity index (χ2n) is 5.66. The predicted octanol–water partition coefficient (Wildman–Crippen LogP) is -0.327. The van der Waals surface area contributed by atoms with E-state index in [9.17, 15) is 9.90 Å². The number of nitrogens with two attached hydrogens (primary N) is 1. The summed E-state index contributed by atoms with van der Waals surface area (Å²) in [7, 11) is 3.86. The molecule has 0 aromatic rings. The number of amides is 1. The van der Waals surface area contributed by atoms with E-state index in [0.29, 0.717) is 25.9 Å². The van der Waals surface area contributed by atoms with Gasteiger partial charge in [0, 0.05) is 19.1 Å². The zero-order chi connectivity index (χ0) is 15.3. The first-order valence-electron chi connectivity index (χ1n) is 7.01. The van der Waals surface area contributed by atoms with Gasteiger partial charge in [-0.2, -0.15) is 0 Å². The van der Waals surface area contributed by atoms with Crippen LogP contribution in [-0.2, 0) is 4.79 Å². The van der Waals surface area contributed by atoms with Gasteiger partial charge in [0.05, 0.1) is 12.0 Å². The third-order valence-electron chi connectivity index (χ3n) is 3.60. The highest BCUT2D eigenvalue weighted by atomic mass is 16.4. The number of rotatable bonds is 6. The van der Waals surface area contributed by atoms with E-state index in [-0.39, 0.29) is 17.8 Å². The number of hydrogen-bond acceptors (Lipinski definition) is 5. The van der Waals surface area contributed by atoms with Crippen molar-refractivity contribution in [1.82, 2.24) is 9.80 Å². The van der Waals surface area contributed by atoms with Gasteiger partial charge in [-0.25, -0.2) is 0 Å². The second kappa shape index (κ2) is 7.44. The first-order chi connectivity index (χ1) is 9.40. The average Bonchev–Trinajstić information content (AvgIpc) is 2.74. The summed E-state index contributed by atoms with van der Waals surface area (Å²) in [4.78, 5) is 16.3.